The second-order valence-electron chi connectivity index (χ2n) is 4.82. The SMILES string of the molecule is CCNc1ccc(C(=O)NC2CCCC2C)nn1. The molecule has 1 aromatic rings. The van der Waals surface area contributed by atoms with Gasteiger partial charge in [-0.25, -0.2) is 0 Å². The molecule has 1 amide bonds. The summed E-state index contributed by atoms with van der Waals surface area (Å²) in [5.74, 6) is 1.13. The van der Waals surface area contributed by atoms with Gasteiger partial charge in [-0.2, -0.15) is 0 Å². The van der Waals surface area contributed by atoms with Crippen LogP contribution < -0.4 is 10.6 Å². The van der Waals surface area contributed by atoms with Crippen LogP contribution in [-0.4, -0.2) is 28.7 Å². The van der Waals surface area contributed by atoms with Crippen LogP contribution in [0.25, 0.3) is 0 Å². The monoisotopic (exact) mass is 248 g/mol. The van der Waals surface area contributed by atoms with Crippen molar-refractivity contribution in [2.45, 2.75) is 39.2 Å². The molecule has 98 valence electrons. The molecule has 2 N–H and O–H groups in total. The van der Waals surface area contributed by atoms with Crippen LogP contribution in [0.5, 0.6) is 0 Å². The highest BCUT2D eigenvalue weighted by molar-refractivity contribution is 5.92. The van der Waals surface area contributed by atoms with Crippen molar-refractivity contribution < 1.29 is 4.79 Å². The highest BCUT2D eigenvalue weighted by Gasteiger charge is 2.25. The number of anilines is 1. The maximum Gasteiger partial charge on any atom is 0.272 e. The summed E-state index contributed by atoms with van der Waals surface area (Å²) >= 11 is 0. The van der Waals surface area contributed by atoms with Crippen LogP contribution in [0.2, 0.25) is 0 Å². The van der Waals surface area contributed by atoms with Gasteiger partial charge in [-0.1, -0.05) is 13.3 Å². The number of aromatic nitrogens is 2. The van der Waals surface area contributed by atoms with E-state index in [1.54, 1.807) is 12.1 Å². The molecular weight excluding hydrogens is 228 g/mol. The van der Waals surface area contributed by atoms with Gasteiger partial charge in [-0.3, -0.25) is 4.79 Å². The standard InChI is InChI=1S/C13H20N4O/c1-3-14-12-8-7-11(16-17-12)13(18)15-10-6-4-5-9(10)2/h7-10H,3-6H2,1-2H3,(H,14,17)(H,15,18). The van der Waals surface area contributed by atoms with Crippen molar-refractivity contribution in [3.63, 3.8) is 0 Å². The highest BCUT2D eigenvalue weighted by atomic mass is 16.2. The third-order valence-electron chi connectivity index (χ3n) is 3.43. The zero-order chi connectivity index (χ0) is 13.0. The molecule has 5 nitrogen and oxygen atoms in total. The van der Waals surface area contributed by atoms with E-state index < -0.39 is 0 Å². The van der Waals surface area contributed by atoms with Gasteiger partial charge in [0.2, 0.25) is 0 Å². The van der Waals surface area contributed by atoms with Crippen molar-refractivity contribution in [3.8, 4) is 0 Å². The molecule has 1 aliphatic rings. The van der Waals surface area contributed by atoms with Gasteiger partial charge >= 0.3 is 0 Å². The van der Waals surface area contributed by atoms with Gasteiger partial charge in [0.25, 0.3) is 5.91 Å². The van der Waals surface area contributed by atoms with Crippen molar-refractivity contribution in [2.75, 3.05) is 11.9 Å². The zero-order valence-corrected chi connectivity index (χ0v) is 10.9. The molecule has 1 heterocycles. The second kappa shape index (κ2) is 5.80. The number of carbonyl (C=O) groups excluding carboxylic acids is 1. The Kier molecular flexibility index (Phi) is 4.12. The van der Waals surface area contributed by atoms with E-state index in [2.05, 4.69) is 27.8 Å². The van der Waals surface area contributed by atoms with E-state index in [0.717, 1.165) is 13.0 Å². The molecule has 0 aliphatic heterocycles. The number of carbonyl (C=O) groups is 1. The Hall–Kier alpha value is -1.65. The van der Waals surface area contributed by atoms with Gasteiger partial charge in [-0.15, -0.1) is 10.2 Å². The molecule has 5 heteroatoms. The molecule has 1 aliphatic carbocycles. The first-order valence-corrected chi connectivity index (χ1v) is 6.59. The molecule has 2 unspecified atom stereocenters. The molecular formula is C13H20N4O. The Morgan fingerprint density at radius 1 is 1.39 bits per heavy atom. The van der Waals surface area contributed by atoms with Crippen LogP contribution in [0.15, 0.2) is 12.1 Å². The van der Waals surface area contributed by atoms with Crippen molar-refractivity contribution >= 4 is 11.7 Å². The Balaban J connectivity index is 1.96. The number of amides is 1. The number of nitrogens with zero attached hydrogens (tertiary/aromatic N) is 2. The van der Waals surface area contributed by atoms with E-state index in [1.807, 2.05) is 6.92 Å². The molecule has 2 atom stereocenters. The molecule has 2 rings (SSSR count). The van der Waals surface area contributed by atoms with E-state index in [0.29, 0.717) is 17.4 Å². The second-order valence-corrected chi connectivity index (χ2v) is 4.82. The lowest BCUT2D eigenvalue weighted by atomic mass is 10.1. The van der Waals surface area contributed by atoms with E-state index >= 15 is 0 Å². The Bertz CT molecular complexity index is 404. The fourth-order valence-electron chi connectivity index (χ4n) is 2.33. The molecule has 1 fully saturated rings. The minimum atomic E-state index is -0.121. The quantitative estimate of drug-likeness (QED) is 0.853. The third-order valence-corrected chi connectivity index (χ3v) is 3.43. The third kappa shape index (κ3) is 2.97. The molecule has 0 saturated heterocycles. The summed E-state index contributed by atoms with van der Waals surface area (Å²) < 4.78 is 0. The molecule has 1 aromatic heterocycles. The molecule has 0 spiro atoms. The average Bonchev–Trinajstić information content (AvgIpc) is 2.76. The summed E-state index contributed by atoms with van der Waals surface area (Å²) in [7, 11) is 0. The van der Waals surface area contributed by atoms with Gasteiger partial charge in [0, 0.05) is 12.6 Å². The smallest absolute Gasteiger partial charge is 0.272 e. The van der Waals surface area contributed by atoms with Crippen molar-refractivity contribution in [1.29, 1.82) is 0 Å². The summed E-state index contributed by atoms with van der Waals surface area (Å²) in [6, 6.07) is 3.77. The lowest BCUT2D eigenvalue weighted by Crippen LogP contribution is -2.36. The highest BCUT2D eigenvalue weighted by Crippen LogP contribution is 2.24. The Morgan fingerprint density at radius 3 is 2.78 bits per heavy atom. The predicted molar refractivity (Wildman–Crippen MR) is 70.5 cm³/mol. The van der Waals surface area contributed by atoms with Gasteiger partial charge in [0.15, 0.2) is 5.69 Å². The first kappa shape index (κ1) is 12.8. The Morgan fingerprint density at radius 2 is 2.22 bits per heavy atom. The summed E-state index contributed by atoms with van der Waals surface area (Å²) in [4.78, 5) is 12.0. The molecule has 0 radical (unpaired) electrons. The van der Waals surface area contributed by atoms with Crippen molar-refractivity contribution in [1.82, 2.24) is 15.5 Å². The summed E-state index contributed by atoms with van der Waals surface area (Å²) in [6.45, 7) is 4.96. The van der Waals surface area contributed by atoms with Gasteiger partial charge in [0.05, 0.1) is 0 Å². The minimum absolute atomic E-state index is 0.121. The minimum Gasteiger partial charge on any atom is -0.369 e. The van der Waals surface area contributed by atoms with Gasteiger partial charge < -0.3 is 10.6 Å². The van der Waals surface area contributed by atoms with Crippen LogP contribution in [0, 0.1) is 5.92 Å². The molecule has 0 aromatic carbocycles. The van der Waals surface area contributed by atoms with Crippen LogP contribution >= 0.6 is 0 Å². The Labute approximate surface area is 107 Å². The molecule has 0 bridgehead atoms. The maximum atomic E-state index is 12.0. The fraction of sp³-hybridized carbons (Fsp3) is 0.615. The largest absolute Gasteiger partial charge is 0.369 e. The van der Waals surface area contributed by atoms with E-state index in [9.17, 15) is 4.79 Å². The maximum absolute atomic E-state index is 12.0. The molecule has 18 heavy (non-hydrogen) atoms. The van der Waals surface area contributed by atoms with Crippen molar-refractivity contribution in [3.05, 3.63) is 17.8 Å². The summed E-state index contributed by atoms with van der Waals surface area (Å²) in [5.41, 5.74) is 0.385. The average molecular weight is 248 g/mol. The van der Waals surface area contributed by atoms with Crippen LogP contribution in [0.3, 0.4) is 0 Å². The molecule has 1 saturated carbocycles. The van der Waals surface area contributed by atoms with E-state index in [-0.39, 0.29) is 11.9 Å². The topological polar surface area (TPSA) is 66.9 Å². The lowest BCUT2D eigenvalue weighted by Gasteiger charge is -2.16. The fourth-order valence-corrected chi connectivity index (χ4v) is 2.33. The van der Waals surface area contributed by atoms with E-state index in [4.69, 9.17) is 0 Å². The first-order chi connectivity index (χ1) is 8.70. The number of nitrogens with one attached hydrogen (secondary N) is 2. The van der Waals surface area contributed by atoms with Crippen LogP contribution in [0.4, 0.5) is 5.82 Å². The number of hydrogen-bond acceptors (Lipinski definition) is 4. The normalized spacial score (nSPS) is 22.8. The van der Waals surface area contributed by atoms with Gasteiger partial charge in [0.1, 0.15) is 5.82 Å². The number of rotatable bonds is 4. The van der Waals surface area contributed by atoms with E-state index in [1.165, 1.54) is 12.8 Å². The van der Waals surface area contributed by atoms with Crippen LogP contribution in [-0.2, 0) is 0 Å². The lowest BCUT2D eigenvalue weighted by molar-refractivity contribution is 0.0923. The summed E-state index contributed by atoms with van der Waals surface area (Å²) in [5, 5.41) is 14.0. The van der Waals surface area contributed by atoms with Crippen LogP contribution in [0.1, 0.15) is 43.6 Å². The zero-order valence-electron chi connectivity index (χ0n) is 10.9. The first-order valence-electron chi connectivity index (χ1n) is 6.59. The summed E-state index contributed by atoms with van der Waals surface area (Å²) in [6.07, 6.45) is 3.45. The van der Waals surface area contributed by atoms with Crippen molar-refractivity contribution in [2.24, 2.45) is 5.92 Å². The predicted octanol–water partition coefficient (Wildman–Crippen LogP) is 1.83. The number of hydrogen-bond donors (Lipinski definition) is 2. The van der Waals surface area contributed by atoms with Gasteiger partial charge in [-0.05, 0) is 37.8 Å².